The molecule has 0 radical (unpaired) electrons. The van der Waals surface area contributed by atoms with Crippen molar-refractivity contribution in [3.8, 4) is 11.1 Å². The fourth-order valence-electron chi connectivity index (χ4n) is 5.29. The first-order chi connectivity index (χ1) is 18.5. The van der Waals surface area contributed by atoms with Crippen LogP contribution in [0.4, 0.5) is 17.5 Å². The van der Waals surface area contributed by atoms with Crippen LogP contribution in [-0.4, -0.2) is 58.9 Å². The number of aromatic nitrogens is 2. The molecular weight excluding hydrogens is 478 g/mol. The Labute approximate surface area is 223 Å². The van der Waals surface area contributed by atoms with Crippen molar-refractivity contribution in [2.24, 2.45) is 11.7 Å². The van der Waals surface area contributed by atoms with E-state index in [1.807, 2.05) is 42.5 Å². The summed E-state index contributed by atoms with van der Waals surface area (Å²) in [7, 11) is 2.11. The van der Waals surface area contributed by atoms with Crippen LogP contribution in [-0.2, 0) is 4.79 Å². The van der Waals surface area contributed by atoms with Gasteiger partial charge < -0.3 is 26.6 Å². The molecule has 2 heterocycles. The summed E-state index contributed by atoms with van der Waals surface area (Å²) in [5.74, 6) is 0.513. The normalized spacial score (nSPS) is 20.1. The van der Waals surface area contributed by atoms with E-state index in [9.17, 15) is 9.59 Å². The molecule has 9 heteroatoms. The molecular formula is C29H35N7O2. The third-order valence-corrected chi connectivity index (χ3v) is 7.53. The molecule has 0 unspecified atom stereocenters. The number of anilines is 3. The zero-order chi connectivity index (χ0) is 26.5. The van der Waals surface area contributed by atoms with Crippen LogP contribution in [0.3, 0.4) is 0 Å². The van der Waals surface area contributed by atoms with E-state index in [-0.39, 0.29) is 29.8 Å². The number of amides is 2. The Balaban J connectivity index is 1.31. The Morgan fingerprint density at radius 2 is 1.71 bits per heavy atom. The largest absolute Gasteiger partial charge is 0.369 e. The van der Waals surface area contributed by atoms with E-state index in [1.54, 1.807) is 18.3 Å². The zero-order valence-corrected chi connectivity index (χ0v) is 21.7. The summed E-state index contributed by atoms with van der Waals surface area (Å²) in [6.07, 6.45) is 6.30. The highest BCUT2D eigenvalue weighted by Gasteiger charge is 2.32. The van der Waals surface area contributed by atoms with Gasteiger partial charge in [-0.1, -0.05) is 36.8 Å². The summed E-state index contributed by atoms with van der Waals surface area (Å²) in [4.78, 5) is 36.3. The first-order valence-corrected chi connectivity index (χ1v) is 13.3. The molecule has 1 saturated heterocycles. The van der Waals surface area contributed by atoms with Crippen molar-refractivity contribution in [2.45, 2.75) is 44.2 Å². The number of hydrogen-bond donors (Lipinski definition) is 4. The van der Waals surface area contributed by atoms with Gasteiger partial charge in [0.05, 0.1) is 5.92 Å². The zero-order valence-electron chi connectivity index (χ0n) is 21.7. The van der Waals surface area contributed by atoms with E-state index >= 15 is 0 Å². The summed E-state index contributed by atoms with van der Waals surface area (Å²) in [5.41, 5.74) is 8.89. The van der Waals surface area contributed by atoms with Crippen LogP contribution in [0.2, 0.25) is 0 Å². The van der Waals surface area contributed by atoms with Crippen molar-refractivity contribution in [1.29, 1.82) is 0 Å². The van der Waals surface area contributed by atoms with Crippen molar-refractivity contribution in [1.82, 2.24) is 20.2 Å². The molecule has 0 spiro atoms. The van der Waals surface area contributed by atoms with Gasteiger partial charge in [-0.15, -0.1) is 0 Å². The molecule has 9 nitrogen and oxygen atoms in total. The number of benzene rings is 2. The fraction of sp³-hybridized carbons (Fsp3) is 0.379. The van der Waals surface area contributed by atoms with Gasteiger partial charge >= 0.3 is 0 Å². The number of hydrogen-bond acceptors (Lipinski definition) is 7. The van der Waals surface area contributed by atoms with Crippen LogP contribution >= 0.6 is 0 Å². The number of carbonyl (C=O) groups is 2. The first-order valence-electron chi connectivity index (χ1n) is 13.3. The number of likely N-dealkylation sites (tertiary alicyclic amines) is 1. The van der Waals surface area contributed by atoms with Crippen LogP contribution in [0, 0.1) is 5.92 Å². The lowest BCUT2D eigenvalue weighted by Gasteiger charge is -2.29. The van der Waals surface area contributed by atoms with E-state index in [4.69, 9.17) is 10.7 Å². The van der Waals surface area contributed by atoms with Crippen molar-refractivity contribution in [3.63, 3.8) is 0 Å². The molecule has 5 rings (SSSR count). The molecule has 1 aliphatic heterocycles. The van der Waals surface area contributed by atoms with Gasteiger partial charge in [-0.2, -0.15) is 4.98 Å². The monoisotopic (exact) mass is 513 g/mol. The number of nitrogens with two attached hydrogens (primary N) is 1. The van der Waals surface area contributed by atoms with Crippen molar-refractivity contribution < 1.29 is 9.59 Å². The van der Waals surface area contributed by atoms with Crippen LogP contribution in [0.25, 0.3) is 11.1 Å². The van der Waals surface area contributed by atoms with Crippen LogP contribution in [0.15, 0.2) is 60.8 Å². The predicted molar refractivity (Wildman–Crippen MR) is 149 cm³/mol. The Morgan fingerprint density at radius 3 is 2.42 bits per heavy atom. The Bertz CT molecular complexity index is 1260. The highest BCUT2D eigenvalue weighted by molar-refractivity contribution is 5.94. The molecule has 1 aliphatic carbocycles. The van der Waals surface area contributed by atoms with Gasteiger partial charge in [0.1, 0.15) is 5.82 Å². The van der Waals surface area contributed by atoms with E-state index in [1.165, 1.54) is 0 Å². The average molecular weight is 514 g/mol. The van der Waals surface area contributed by atoms with Crippen molar-refractivity contribution in [2.75, 3.05) is 30.8 Å². The molecule has 1 aromatic heterocycles. The predicted octanol–water partition coefficient (Wildman–Crippen LogP) is 3.78. The number of rotatable bonds is 8. The first kappa shape index (κ1) is 25.7. The number of nitrogens with one attached hydrogen (secondary N) is 3. The summed E-state index contributed by atoms with van der Waals surface area (Å²) in [6, 6.07) is 17.4. The van der Waals surface area contributed by atoms with Gasteiger partial charge in [-0.05, 0) is 75.6 Å². The van der Waals surface area contributed by atoms with Gasteiger partial charge in [-0.25, -0.2) is 4.98 Å². The lowest BCUT2D eigenvalue weighted by Crippen LogP contribution is -2.43. The third-order valence-electron chi connectivity index (χ3n) is 7.53. The number of nitrogens with zero attached hydrogens (tertiary/aromatic N) is 3. The average Bonchev–Trinajstić information content (AvgIpc) is 3.40. The minimum absolute atomic E-state index is 0.0541. The maximum absolute atomic E-state index is 12.7. The Hall–Kier alpha value is -3.98. The second-order valence-corrected chi connectivity index (χ2v) is 10.3. The third kappa shape index (κ3) is 6.11. The van der Waals surface area contributed by atoms with Crippen LogP contribution < -0.4 is 21.7 Å². The van der Waals surface area contributed by atoms with Crippen molar-refractivity contribution in [3.05, 3.63) is 66.4 Å². The molecule has 5 N–H and O–H groups in total. The standard InChI is InChI=1S/C29H35N7O2/c1-36-16-14-22(15-17-36)32-28(38)20-10-12-21(13-11-20)33-29-31-18-24(19-6-3-2-4-7-19)27(35-29)34-25-9-5-8-23(25)26(30)37/h2-4,6-7,10-13,18,22-23,25H,5,8-9,14-17H2,1H3,(H2,30,37)(H,32,38)(H2,31,33,34,35)/t23-,25+/m0/s1. The molecule has 38 heavy (non-hydrogen) atoms. The molecule has 2 atom stereocenters. The SMILES string of the molecule is CN1CCC(NC(=O)c2ccc(Nc3ncc(-c4ccccc4)c(N[C@@H]4CCC[C@@H]4C(N)=O)n3)cc2)CC1. The molecule has 1 saturated carbocycles. The highest BCUT2D eigenvalue weighted by atomic mass is 16.2. The van der Waals surface area contributed by atoms with E-state index < -0.39 is 0 Å². The maximum atomic E-state index is 12.7. The van der Waals surface area contributed by atoms with Gasteiger partial charge in [0, 0.05) is 35.1 Å². The summed E-state index contributed by atoms with van der Waals surface area (Å²) >= 11 is 0. The molecule has 2 aromatic carbocycles. The fourth-order valence-corrected chi connectivity index (χ4v) is 5.29. The molecule has 2 amide bonds. The van der Waals surface area contributed by atoms with Crippen LogP contribution in [0.1, 0.15) is 42.5 Å². The number of primary amides is 1. The van der Waals surface area contributed by atoms with Gasteiger partial charge in [0.2, 0.25) is 11.9 Å². The molecule has 2 aliphatic rings. The minimum atomic E-state index is -0.284. The second-order valence-electron chi connectivity index (χ2n) is 10.3. The smallest absolute Gasteiger partial charge is 0.251 e. The van der Waals surface area contributed by atoms with E-state index in [0.29, 0.717) is 17.3 Å². The summed E-state index contributed by atoms with van der Waals surface area (Å²) in [5, 5.41) is 9.87. The molecule has 198 valence electrons. The molecule has 3 aromatic rings. The summed E-state index contributed by atoms with van der Waals surface area (Å²) in [6.45, 7) is 2.00. The van der Waals surface area contributed by atoms with Gasteiger partial charge in [0.25, 0.3) is 5.91 Å². The Kier molecular flexibility index (Phi) is 7.83. The topological polar surface area (TPSA) is 125 Å². The van der Waals surface area contributed by atoms with Crippen LogP contribution in [0.5, 0.6) is 0 Å². The number of carbonyl (C=O) groups excluding carboxylic acids is 2. The minimum Gasteiger partial charge on any atom is -0.369 e. The van der Waals surface area contributed by atoms with Crippen molar-refractivity contribution >= 4 is 29.3 Å². The Morgan fingerprint density at radius 1 is 0.974 bits per heavy atom. The van der Waals surface area contributed by atoms with E-state index in [0.717, 1.165) is 62.0 Å². The number of piperidine rings is 1. The maximum Gasteiger partial charge on any atom is 0.251 e. The highest BCUT2D eigenvalue weighted by Crippen LogP contribution is 2.33. The summed E-state index contributed by atoms with van der Waals surface area (Å²) < 4.78 is 0. The molecule has 2 fully saturated rings. The second kappa shape index (κ2) is 11.6. The lowest BCUT2D eigenvalue weighted by atomic mass is 10.0. The quantitative estimate of drug-likeness (QED) is 0.361. The molecule has 0 bridgehead atoms. The van der Waals surface area contributed by atoms with E-state index in [2.05, 4.69) is 32.9 Å². The van der Waals surface area contributed by atoms with Gasteiger partial charge in [0.15, 0.2) is 0 Å². The van der Waals surface area contributed by atoms with Gasteiger partial charge in [-0.3, -0.25) is 9.59 Å². The lowest BCUT2D eigenvalue weighted by molar-refractivity contribution is -0.121.